The minimum Gasteiger partial charge on any atom is -0.455 e. The van der Waals surface area contributed by atoms with Crippen LogP contribution in [0.5, 0.6) is 0 Å². The molecular formula is C57H38O. The van der Waals surface area contributed by atoms with Crippen LogP contribution in [0.25, 0.3) is 110 Å². The Hall–Kier alpha value is -7.22. The smallest absolute Gasteiger partial charge is 0.143 e. The summed E-state index contributed by atoms with van der Waals surface area (Å²) >= 11 is 0. The van der Waals surface area contributed by atoms with E-state index < -0.39 is 0 Å². The lowest BCUT2D eigenvalue weighted by Crippen LogP contribution is -2.15. The molecule has 272 valence electrons. The second-order valence-corrected chi connectivity index (χ2v) is 16.3. The van der Waals surface area contributed by atoms with Gasteiger partial charge in [0.25, 0.3) is 0 Å². The Morgan fingerprint density at radius 1 is 0.345 bits per heavy atom. The molecule has 0 unspecified atom stereocenters. The topological polar surface area (TPSA) is 13.1 Å². The first kappa shape index (κ1) is 33.0. The quantitative estimate of drug-likeness (QED) is 0.164. The van der Waals surface area contributed by atoms with Crippen LogP contribution in [0, 0.1) is 0 Å². The van der Waals surface area contributed by atoms with Crippen molar-refractivity contribution in [2.45, 2.75) is 19.3 Å². The third-order valence-corrected chi connectivity index (χ3v) is 12.8. The summed E-state index contributed by atoms with van der Waals surface area (Å²) in [4.78, 5) is 0. The highest BCUT2D eigenvalue weighted by Gasteiger charge is 2.38. The highest BCUT2D eigenvalue weighted by Crippen LogP contribution is 2.54. The molecule has 0 spiro atoms. The standard InChI is InChI=1S/C57H38O/c1-57(2)50-26-13-23-40(54(50)49-33-32-35-14-3-4-17-41(35)55(49)57)38-15-11-16-39(34-38)53-46-21-7-5-19-44(46)52(45-20-6-8-22-47(45)53)37-30-28-36(29-31-37)42-24-12-25-48-43-18-9-10-27-51(43)58-56(42)48/h3-34H,1-2H3. The van der Waals surface area contributed by atoms with Gasteiger partial charge in [-0.25, -0.2) is 0 Å². The molecule has 1 nitrogen and oxygen atoms in total. The third-order valence-electron chi connectivity index (χ3n) is 12.8. The van der Waals surface area contributed by atoms with Gasteiger partial charge in [0, 0.05) is 21.8 Å². The van der Waals surface area contributed by atoms with Crippen LogP contribution in [0.15, 0.2) is 199 Å². The average Bonchev–Trinajstić information content (AvgIpc) is 3.78. The van der Waals surface area contributed by atoms with Crippen molar-refractivity contribution in [1.29, 1.82) is 0 Å². The van der Waals surface area contributed by atoms with Gasteiger partial charge in [-0.2, -0.15) is 0 Å². The van der Waals surface area contributed by atoms with Gasteiger partial charge in [0.2, 0.25) is 0 Å². The Kier molecular flexibility index (Phi) is 7.04. The van der Waals surface area contributed by atoms with Gasteiger partial charge in [0.1, 0.15) is 11.2 Å². The van der Waals surface area contributed by atoms with Crippen LogP contribution in [0.2, 0.25) is 0 Å². The second-order valence-electron chi connectivity index (χ2n) is 16.3. The van der Waals surface area contributed by atoms with Crippen molar-refractivity contribution in [3.05, 3.63) is 205 Å². The first-order valence-electron chi connectivity index (χ1n) is 20.3. The number of hydrogen-bond donors (Lipinski definition) is 0. The number of fused-ring (bicyclic) bond motifs is 10. The summed E-state index contributed by atoms with van der Waals surface area (Å²) in [5.41, 5.74) is 17.0. The minimum absolute atomic E-state index is 0.111. The zero-order chi connectivity index (χ0) is 38.5. The molecule has 1 heterocycles. The van der Waals surface area contributed by atoms with Crippen LogP contribution < -0.4 is 0 Å². The molecule has 0 atom stereocenters. The predicted octanol–water partition coefficient (Wildman–Crippen LogP) is 16.0. The molecule has 1 heteroatoms. The highest BCUT2D eigenvalue weighted by molar-refractivity contribution is 6.21. The van der Waals surface area contributed by atoms with Gasteiger partial charge in [-0.15, -0.1) is 0 Å². The van der Waals surface area contributed by atoms with Crippen molar-refractivity contribution in [3.8, 4) is 55.6 Å². The fraction of sp³-hybridized carbons (Fsp3) is 0.0526. The third kappa shape index (κ3) is 4.71. The van der Waals surface area contributed by atoms with E-state index in [1.807, 2.05) is 12.1 Å². The molecule has 0 fully saturated rings. The molecule has 0 bridgehead atoms. The lowest BCUT2D eigenvalue weighted by atomic mass is 9.80. The van der Waals surface area contributed by atoms with Crippen LogP contribution in [0.4, 0.5) is 0 Å². The summed E-state index contributed by atoms with van der Waals surface area (Å²) in [5.74, 6) is 0. The summed E-state index contributed by atoms with van der Waals surface area (Å²) < 4.78 is 6.42. The van der Waals surface area contributed by atoms with E-state index in [9.17, 15) is 0 Å². The summed E-state index contributed by atoms with van der Waals surface area (Å²) in [6, 6.07) is 71.3. The average molecular weight is 739 g/mol. The molecule has 0 aliphatic heterocycles. The van der Waals surface area contributed by atoms with E-state index in [2.05, 4.69) is 196 Å². The van der Waals surface area contributed by atoms with Crippen molar-refractivity contribution >= 4 is 54.3 Å². The van der Waals surface area contributed by atoms with Crippen molar-refractivity contribution in [3.63, 3.8) is 0 Å². The van der Waals surface area contributed by atoms with E-state index in [1.165, 1.54) is 88.0 Å². The fourth-order valence-corrected chi connectivity index (χ4v) is 10.3. The zero-order valence-electron chi connectivity index (χ0n) is 32.4. The maximum Gasteiger partial charge on any atom is 0.143 e. The van der Waals surface area contributed by atoms with E-state index in [0.29, 0.717) is 0 Å². The molecule has 12 rings (SSSR count). The number of para-hydroxylation sites is 2. The van der Waals surface area contributed by atoms with Crippen LogP contribution in [-0.2, 0) is 5.41 Å². The van der Waals surface area contributed by atoms with E-state index in [0.717, 1.165) is 33.1 Å². The maximum absolute atomic E-state index is 6.42. The van der Waals surface area contributed by atoms with Crippen molar-refractivity contribution in [2.24, 2.45) is 0 Å². The molecule has 1 aliphatic carbocycles. The molecular weight excluding hydrogens is 701 g/mol. The van der Waals surface area contributed by atoms with E-state index >= 15 is 0 Å². The lowest BCUT2D eigenvalue weighted by molar-refractivity contribution is 0.666. The highest BCUT2D eigenvalue weighted by atomic mass is 16.3. The lowest BCUT2D eigenvalue weighted by Gasteiger charge is -2.23. The first-order chi connectivity index (χ1) is 28.5. The molecule has 0 amide bonds. The van der Waals surface area contributed by atoms with Gasteiger partial charge >= 0.3 is 0 Å². The normalized spacial score (nSPS) is 13.1. The van der Waals surface area contributed by atoms with Gasteiger partial charge in [0.05, 0.1) is 0 Å². The number of hydrogen-bond acceptors (Lipinski definition) is 1. The van der Waals surface area contributed by atoms with Crippen LogP contribution in [0.1, 0.15) is 25.0 Å². The SMILES string of the molecule is CC1(C)c2cccc(-c3cccc(-c4c5ccccc5c(-c5ccc(-c6cccc7c6oc6ccccc67)cc5)c5ccccc45)c3)c2-c2ccc3ccccc3c21. The van der Waals surface area contributed by atoms with Gasteiger partial charge in [-0.1, -0.05) is 196 Å². The van der Waals surface area contributed by atoms with Gasteiger partial charge in [0.15, 0.2) is 0 Å². The van der Waals surface area contributed by atoms with Crippen LogP contribution >= 0.6 is 0 Å². The van der Waals surface area contributed by atoms with Crippen molar-refractivity contribution < 1.29 is 4.42 Å². The molecule has 11 aromatic rings. The predicted molar refractivity (Wildman–Crippen MR) is 246 cm³/mol. The molecule has 0 saturated carbocycles. The number of rotatable bonds is 4. The van der Waals surface area contributed by atoms with Crippen molar-refractivity contribution in [2.75, 3.05) is 0 Å². The summed E-state index contributed by atoms with van der Waals surface area (Å²) in [7, 11) is 0. The second kappa shape index (κ2) is 12.4. The summed E-state index contributed by atoms with van der Waals surface area (Å²) in [6.45, 7) is 4.78. The Morgan fingerprint density at radius 2 is 0.897 bits per heavy atom. The molecule has 10 aromatic carbocycles. The summed E-state index contributed by atoms with van der Waals surface area (Å²) in [5, 5.41) is 9.93. The Morgan fingerprint density at radius 3 is 1.64 bits per heavy atom. The maximum atomic E-state index is 6.42. The monoisotopic (exact) mass is 738 g/mol. The Labute approximate surface area is 337 Å². The van der Waals surface area contributed by atoms with E-state index in [1.54, 1.807) is 0 Å². The number of furan rings is 1. The van der Waals surface area contributed by atoms with Crippen molar-refractivity contribution in [1.82, 2.24) is 0 Å². The zero-order valence-corrected chi connectivity index (χ0v) is 32.4. The summed E-state index contributed by atoms with van der Waals surface area (Å²) in [6.07, 6.45) is 0. The van der Waals surface area contributed by atoms with Gasteiger partial charge in [-0.3, -0.25) is 0 Å². The van der Waals surface area contributed by atoms with Crippen LogP contribution in [-0.4, -0.2) is 0 Å². The number of benzene rings is 10. The Bertz CT molecular complexity index is 3410. The largest absolute Gasteiger partial charge is 0.455 e. The molecule has 0 N–H and O–H groups in total. The van der Waals surface area contributed by atoms with E-state index in [-0.39, 0.29) is 5.41 Å². The molecule has 1 aromatic heterocycles. The molecule has 0 radical (unpaired) electrons. The van der Waals surface area contributed by atoms with Gasteiger partial charge < -0.3 is 4.42 Å². The van der Waals surface area contributed by atoms with Crippen LogP contribution in [0.3, 0.4) is 0 Å². The first-order valence-corrected chi connectivity index (χ1v) is 20.3. The fourth-order valence-electron chi connectivity index (χ4n) is 10.3. The Balaban J connectivity index is 1.02. The molecule has 1 aliphatic rings. The molecule has 58 heavy (non-hydrogen) atoms. The van der Waals surface area contributed by atoms with Gasteiger partial charge in [-0.05, 0) is 106 Å². The minimum atomic E-state index is -0.111. The molecule has 0 saturated heterocycles. The van der Waals surface area contributed by atoms with E-state index in [4.69, 9.17) is 4.42 Å².